The van der Waals surface area contributed by atoms with Crippen LogP contribution in [0, 0.1) is 13.8 Å². The van der Waals surface area contributed by atoms with E-state index in [0.717, 1.165) is 11.4 Å². The lowest BCUT2D eigenvalue weighted by Gasteiger charge is -2.18. The Morgan fingerprint density at radius 1 is 1.14 bits per heavy atom. The molecule has 0 aliphatic carbocycles. The van der Waals surface area contributed by atoms with E-state index in [1.807, 2.05) is 19.9 Å². The number of ether oxygens (including phenoxy) is 2. The van der Waals surface area contributed by atoms with Gasteiger partial charge in [0, 0.05) is 24.0 Å². The topological polar surface area (TPSA) is 108 Å². The molecular formula is C20H20N4O5. The second-order valence-corrected chi connectivity index (χ2v) is 6.64. The number of aromatic nitrogens is 2. The van der Waals surface area contributed by atoms with Gasteiger partial charge in [0.15, 0.2) is 11.5 Å². The minimum Gasteiger partial charge on any atom is -0.467 e. The molecule has 1 atom stereocenters. The number of furan rings is 1. The van der Waals surface area contributed by atoms with Crippen LogP contribution < -0.4 is 20.1 Å². The summed E-state index contributed by atoms with van der Waals surface area (Å²) < 4.78 is 17.8. The first-order chi connectivity index (χ1) is 14.0. The van der Waals surface area contributed by atoms with Crippen LogP contribution in [0.25, 0.3) is 0 Å². The Balaban J connectivity index is 1.42. The van der Waals surface area contributed by atoms with Gasteiger partial charge in [-0.2, -0.15) is 5.10 Å². The molecule has 1 aromatic carbocycles. The molecule has 3 heterocycles. The largest absolute Gasteiger partial charge is 0.467 e. The molecule has 4 rings (SSSR count). The molecule has 29 heavy (non-hydrogen) atoms. The number of nitrogens with zero attached hydrogens (tertiary/aromatic N) is 2. The van der Waals surface area contributed by atoms with Gasteiger partial charge in [0.1, 0.15) is 11.8 Å². The van der Waals surface area contributed by atoms with Crippen molar-refractivity contribution in [1.29, 1.82) is 0 Å². The maximum atomic E-state index is 12.3. The van der Waals surface area contributed by atoms with Crippen LogP contribution in [0.5, 0.6) is 11.5 Å². The van der Waals surface area contributed by atoms with Gasteiger partial charge < -0.3 is 24.5 Å². The van der Waals surface area contributed by atoms with Crippen LogP contribution in [-0.4, -0.2) is 34.9 Å². The highest BCUT2D eigenvalue weighted by atomic mass is 16.7. The van der Waals surface area contributed by atoms with E-state index in [4.69, 9.17) is 13.9 Å². The smallest absolute Gasteiger partial charge is 0.313 e. The third-order valence-corrected chi connectivity index (χ3v) is 4.50. The Morgan fingerprint density at radius 3 is 2.69 bits per heavy atom. The Kier molecular flexibility index (Phi) is 4.94. The van der Waals surface area contributed by atoms with Gasteiger partial charge in [-0.1, -0.05) is 0 Å². The summed E-state index contributed by atoms with van der Waals surface area (Å²) >= 11 is 0. The van der Waals surface area contributed by atoms with E-state index in [-0.39, 0.29) is 19.4 Å². The van der Waals surface area contributed by atoms with Crippen LogP contribution in [0.2, 0.25) is 0 Å². The molecule has 150 valence electrons. The molecule has 1 aliphatic rings. The van der Waals surface area contributed by atoms with Crippen molar-refractivity contribution in [3.05, 3.63) is 59.8 Å². The van der Waals surface area contributed by atoms with Crippen LogP contribution in [0.1, 0.15) is 23.2 Å². The summed E-state index contributed by atoms with van der Waals surface area (Å²) in [4.78, 5) is 24.6. The molecule has 0 fully saturated rings. The van der Waals surface area contributed by atoms with E-state index < -0.39 is 11.8 Å². The number of fused-ring (bicyclic) bond motifs is 1. The second-order valence-electron chi connectivity index (χ2n) is 6.64. The van der Waals surface area contributed by atoms with E-state index in [0.29, 0.717) is 22.9 Å². The van der Waals surface area contributed by atoms with Crippen LogP contribution in [0.15, 0.2) is 47.1 Å². The molecule has 0 radical (unpaired) electrons. The third-order valence-electron chi connectivity index (χ3n) is 4.50. The van der Waals surface area contributed by atoms with E-state index >= 15 is 0 Å². The zero-order chi connectivity index (χ0) is 20.4. The van der Waals surface area contributed by atoms with Crippen LogP contribution >= 0.6 is 0 Å². The van der Waals surface area contributed by atoms with Gasteiger partial charge in [0.25, 0.3) is 0 Å². The maximum absolute atomic E-state index is 12.3. The number of anilines is 1. The number of carbonyl (C=O) groups excluding carboxylic acids is 2. The maximum Gasteiger partial charge on any atom is 0.313 e. The summed E-state index contributed by atoms with van der Waals surface area (Å²) in [5.74, 6) is 0.202. The zero-order valence-corrected chi connectivity index (χ0v) is 16.0. The molecule has 0 unspecified atom stereocenters. The van der Waals surface area contributed by atoms with Crippen molar-refractivity contribution in [2.24, 2.45) is 0 Å². The molecule has 9 nitrogen and oxygen atoms in total. The molecule has 0 bridgehead atoms. The van der Waals surface area contributed by atoms with E-state index in [9.17, 15) is 9.59 Å². The molecule has 0 saturated carbocycles. The van der Waals surface area contributed by atoms with Gasteiger partial charge >= 0.3 is 11.8 Å². The number of hydrogen-bond acceptors (Lipinski definition) is 6. The summed E-state index contributed by atoms with van der Waals surface area (Å²) in [6.07, 6.45) is 1.56. The molecule has 2 aromatic heterocycles. The number of carbonyl (C=O) groups is 2. The average molecular weight is 396 g/mol. The van der Waals surface area contributed by atoms with Crippen LogP contribution in [-0.2, 0) is 9.59 Å². The van der Waals surface area contributed by atoms with Crippen molar-refractivity contribution in [1.82, 2.24) is 15.1 Å². The highest BCUT2D eigenvalue weighted by molar-refractivity contribution is 6.39. The predicted molar refractivity (Wildman–Crippen MR) is 103 cm³/mol. The Bertz CT molecular complexity index is 1040. The fourth-order valence-corrected chi connectivity index (χ4v) is 3.18. The summed E-state index contributed by atoms with van der Waals surface area (Å²) in [5.41, 5.74) is 2.21. The molecule has 0 spiro atoms. The first-order valence-electron chi connectivity index (χ1n) is 9.06. The van der Waals surface area contributed by atoms with Crippen molar-refractivity contribution in [2.45, 2.75) is 19.9 Å². The molecule has 2 amide bonds. The lowest BCUT2D eigenvalue weighted by molar-refractivity contribution is -0.136. The average Bonchev–Trinajstić information content (AvgIpc) is 3.43. The lowest BCUT2D eigenvalue weighted by Crippen LogP contribution is -2.39. The number of amides is 2. The van der Waals surface area contributed by atoms with Crippen LogP contribution in [0.4, 0.5) is 5.69 Å². The normalized spacial score (nSPS) is 13.2. The molecule has 0 saturated heterocycles. The summed E-state index contributed by atoms with van der Waals surface area (Å²) in [5, 5.41) is 9.67. The minimum absolute atomic E-state index is 0.133. The summed E-state index contributed by atoms with van der Waals surface area (Å²) in [7, 11) is 0. The van der Waals surface area contributed by atoms with Gasteiger partial charge in [-0.05, 0) is 44.2 Å². The Hall–Kier alpha value is -3.75. The van der Waals surface area contributed by atoms with E-state index in [1.165, 1.54) is 0 Å². The fraction of sp³-hybridized carbons (Fsp3) is 0.250. The van der Waals surface area contributed by atoms with E-state index in [1.54, 1.807) is 41.3 Å². The summed E-state index contributed by atoms with van der Waals surface area (Å²) in [6.45, 7) is 4.08. The van der Waals surface area contributed by atoms with Crippen molar-refractivity contribution in [2.75, 3.05) is 18.7 Å². The van der Waals surface area contributed by atoms with Gasteiger partial charge in [-0.3, -0.25) is 14.3 Å². The van der Waals surface area contributed by atoms with Gasteiger partial charge in [0.05, 0.1) is 12.0 Å². The van der Waals surface area contributed by atoms with Crippen LogP contribution in [0.3, 0.4) is 0 Å². The first kappa shape index (κ1) is 18.6. The molecular weight excluding hydrogens is 376 g/mol. The van der Waals surface area contributed by atoms with Crippen molar-refractivity contribution in [3.8, 4) is 11.5 Å². The zero-order valence-electron chi connectivity index (χ0n) is 16.0. The highest BCUT2D eigenvalue weighted by Crippen LogP contribution is 2.34. The summed E-state index contributed by atoms with van der Waals surface area (Å²) in [6, 6.07) is 10.0. The van der Waals surface area contributed by atoms with Gasteiger partial charge in [-0.15, -0.1) is 0 Å². The van der Waals surface area contributed by atoms with Gasteiger partial charge in [0.2, 0.25) is 6.79 Å². The number of benzene rings is 1. The van der Waals surface area contributed by atoms with E-state index in [2.05, 4.69) is 15.7 Å². The predicted octanol–water partition coefficient (Wildman–Crippen LogP) is 2.17. The minimum atomic E-state index is -0.782. The highest BCUT2D eigenvalue weighted by Gasteiger charge is 2.23. The SMILES string of the molecule is Cc1cc(C)n([C@H](CNC(=O)C(=O)Nc2ccc3c(c2)OCO3)c2ccco2)n1. The number of nitrogens with one attached hydrogen (secondary N) is 2. The molecule has 9 heteroatoms. The van der Waals surface area contributed by atoms with Crippen molar-refractivity contribution >= 4 is 17.5 Å². The first-order valence-corrected chi connectivity index (χ1v) is 9.06. The lowest BCUT2D eigenvalue weighted by atomic mass is 10.2. The fourth-order valence-electron chi connectivity index (χ4n) is 3.18. The number of hydrogen-bond donors (Lipinski definition) is 2. The van der Waals surface area contributed by atoms with Crippen molar-refractivity contribution in [3.63, 3.8) is 0 Å². The molecule has 2 N–H and O–H groups in total. The number of aryl methyl sites for hydroxylation is 2. The molecule has 1 aliphatic heterocycles. The number of rotatable bonds is 5. The van der Waals surface area contributed by atoms with Gasteiger partial charge in [-0.25, -0.2) is 0 Å². The Labute approximate surface area is 166 Å². The second kappa shape index (κ2) is 7.70. The van der Waals surface area contributed by atoms with Crippen molar-refractivity contribution < 1.29 is 23.5 Å². The quantitative estimate of drug-likeness (QED) is 0.640. The standard InChI is InChI=1S/C20H20N4O5/c1-12-8-13(2)24(23-12)15(16-4-3-7-27-16)10-21-19(25)20(26)22-14-5-6-17-18(9-14)29-11-28-17/h3-9,15H,10-11H2,1-2H3,(H,21,25)(H,22,26)/t15-/m1/s1. The Morgan fingerprint density at radius 2 is 1.97 bits per heavy atom. The molecule has 3 aromatic rings. The monoisotopic (exact) mass is 396 g/mol. The third kappa shape index (κ3) is 3.93.